The number of benzene rings is 1. The highest BCUT2D eigenvalue weighted by Crippen LogP contribution is 2.29. The average Bonchev–Trinajstić information content (AvgIpc) is 2.57. The van der Waals surface area contributed by atoms with Crippen molar-refractivity contribution in [2.45, 2.75) is 20.8 Å². The Morgan fingerprint density at radius 2 is 1.88 bits per heavy atom. The molecule has 0 saturated carbocycles. The van der Waals surface area contributed by atoms with Crippen molar-refractivity contribution in [3.63, 3.8) is 0 Å². The number of Topliss-reactive ketones (excluding diaryl/α,β-unsaturated/α-hetero) is 1. The van der Waals surface area contributed by atoms with Crippen LogP contribution in [-0.4, -0.2) is 17.4 Å². The number of carbonyl (C=O) groups is 1. The molecular weight excluding hydrogens is 326 g/mol. The zero-order valence-electron chi connectivity index (χ0n) is 14.1. The lowest BCUT2D eigenvalue weighted by molar-refractivity contribution is -0.111. The van der Waals surface area contributed by atoms with Crippen LogP contribution in [0.5, 0.6) is 5.88 Å². The van der Waals surface area contributed by atoms with E-state index in [4.69, 9.17) is 10.00 Å². The van der Waals surface area contributed by atoms with Crippen LogP contribution < -0.4 is 4.74 Å². The first-order chi connectivity index (χ1) is 11.9. The summed E-state index contributed by atoms with van der Waals surface area (Å²) in [5.74, 6) is -1.82. The second kappa shape index (κ2) is 7.67. The summed E-state index contributed by atoms with van der Waals surface area (Å²) in [5, 5.41) is 8.81. The number of allylic oxidation sites excluding steroid dienone is 2. The summed E-state index contributed by atoms with van der Waals surface area (Å²) in [7, 11) is 0. The Morgan fingerprint density at radius 1 is 1.20 bits per heavy atom. The monoisotopic (exact) mass is 342 g/mol. The standard InChI is InChI=1S/C19H16F2N2O2/c1-4-25-19-17(21)8-15(10-23-19)18(12(3)24)11(2)13-5-6-14(9-22)16(20)7-13/h5-8,10H,4H2,1-3H3. The molecule has 0 radical (unpaired) electrons. The molecular formula is C19H16F2N2O2. The Bertz CT molecular complexity index is 899. The van der Waals surface area contributed by atoms with Gasteiger partial charge in [0.05, 0.1) is 12.2 Å². The summed E-state index contributed by atoms with van der Waals surface area (Å²) in [6.07, 6.45) is 1.34. The minimum absolute atomic E-state index is 0.0882. The molecule has 6 heteroatoms. The second-order valence-corrected chi connectivity index (χ2v) is 5.31. The minimum atomic E-state index is -0.683. The van der Waals surface area contributed by atoms with Crippen LogP contribution in [0.15, 0.2) is 30.5 Å². The Balaban J connectivity index is 2.58. The molecule has 0 aliphatic heterocycles. The molecule has 1 heterocycles. The Kier molecular flexibility index (Phi) is 5.60. The van der Waals surface area contributed by atoms with Crippen molar-refractivity contribution < 1.29 is 18.3 Å². The van der Waals surface area contributed by atoms with Gasteiger partial charge in [0.15, 0.2) is 11.6 Å². The van der Waals surface area contributed by atoms with Crippen LogP contribution >= 0.6 is 0 Å². The van der Waals surface area contributed by atoms with Gasteiger partial charge in [0, 0.05) is 17.3 Å². The number of halogens is 2. The summed E-state index contributed by atoms with van der Waals surface area (Å²) in [4.78, 5) is 16.0. The van der Waals surface area contributed by atoms with E-state index in [1.54, 1.807) is 19.9 Å². The fourth-order valence-electron chi connectivity index (χ4n) is 2.47. The highest BCUT2D eigenvalue weighted by atomic mass is 19.1. The number of nitrogens with zero attached hydrogens (tertiary/aromatic N) is 2. The molecule has 0 aliphatic carbocycles. The van der Waals surface area contributed by atoms with Gasteiger partial charge in [0.25, 0.3) is 0 Å². The molecule has 0 fully saturated rings. The van der Waals surface area contributed by atoms with Gasteiger partial charge in [-0.15, -0.1) is 0 Å². The molecule has 128 valence electrons. The second-order valence-electron chi connectivity index (χ2n) is 5.31. The predicted molar refractivity (Wildman–Crippen MR) is 89.6 cm³/mol. The Morgan fingerprint density at radius 3 is 2.40 bits per heavy atom. The summed E-state index contributed by atoms with van der Waals surface area (Å²) in [6.45, 7) is 4.95. The van der Waals surface area contributed by atoms with Crippen molar-refractivity contribution in [2.75, 3.05) is 6.61 Å². The molecule has 1 aromatic carbocycles. The number of ether oxygens (including phenoxy) is 1. The number of aromatic nitrogens is 1. The van der Waals surface area contributed by atoms with Crippen LogP contribution in [0.3, 0.4) is 0 Å². The van der Waals surface area contributed by atoms with Crippen LogP contribution in [0.4, 0.5) is 8.78 Å². The lowest BCUT2D eigenvalue weighted by Crippen LogP contribution is -2.03. The van der Waals surface area contributed by atoms with Crippen LogP contribution in [0, 0.1) is 23.0 Å². The highest BCUT2D eigenvalue weighted by Gasteiger charge is 2.17. The molecule has 0 N–H and O–H groups in total. The summed E-state index contributed by atoms with van der Waals surface area (Å²) >= 11 is 0. The van der Waals surface area contributed by atoms with Gasteiger partial charge in [-0.2, -0.15) is 5.26 Å². The summed E-state index contributed by atoms with van der Waals surface area (Å²) in [5.41, 5.74) is 1.29. The van der Waals surface area contributed by atoms with Crippen molar-refractivity contribution in [1.82, 2.24) is 4.98 Å². The Hall–Kier alpha value is -3.07. The summed E-state index contributed by atoms with van der Waals surface area (Å²) < 4.78 is 33.0. The SMILES string of the molecule is CCOc1ncc(C(C(C)=O)=C(C)c2ccc(C#N)c(F)c2)cc1F. The molecule has 1 aromatic heterocycles. The van der Waals surface area contributed by atoms with Gasteiger partial charge in [-0.1, -0.05) is 6.07 Å². The van der Waals surface area contributed by atoms with Gasteiger partial charge in [-0.3, -0.25) is 4.79 Å². The number of ketones is 1. The maximum Gasteiger partial charge on any atom is 0.250 e. The molecule has 2 rings (SSSR count). The smallest absolute Gasteiger partial charge is 0.250 e. The van der Waals surface area contributed by atoms with Crippen LogP contribution in [-0.2, 0) is 4.79 Å². The molecule has 2 aromatic rings. The molecule has 4 nitrogen and oxygen atoms in total. The number of rotatable bonds is 5. The number of hydrogen-bond donors (Lipinski definition) is 0. The fraction of sp³-hybridized carbons (Fsp3) is 0.211. The number of nitriles is 1. The molecule has 25 heavy (non-hydrogen) atoms. The van der Waals surface area contributed by atoms with Gasteiger partial charge in [0.2, 0.25) is 5.88 Å². The van der Waals surface area contributed by atoms with E-state index in [2.05, 4.69) is 4.98 Å². The minimum Gasteiger partial charge on any atom is -0.476 e. The van der Waals surface area contributed by atoms with Gasteiger partial charge >= 0.3 is 0 Å². The van der Waals surface area contributed by atoms with Gasteiger partial charge < -0.3 is 4.74 Å². The molecule has 0 saturated heterocycles. The Labute approximate surface area is 144 Å². The van der Waals surface area contributed by atoms with E-state index < -0.39 is 11.6 Å². The molecule has 0 amide bonds. The van der Waals surface area contributed by atoms with E-state index in [1.807, 2.05) is 0 Å². The predicted octanol–water partition coefficient (Wildman–Crippen LogP) is 4.15. The third kappa shape index (κ3) is 3.89. The lowest BCUT2D eigenvalue weighted by atomic mass is 9.93. The van der Waals surface area contributed by atoms with Crippen LogP contribution in [0.1, 0.15) is 37.5 Å². The van der Waals surface area contributed by atoms with Gasteiger partial charge in [-0.05, 0) is 50.1 Å². The molecule has 0 bridgehead atoms. The normalized spacial score (nSPS) is 11.5. The largest absolute Gasteiger partial charge is 0.476 e. The van der Waals surface area contributed by atoms with Crippen molar-refractivity contribution in [2.24, 2.45) is 0 Å². The summed E-state index contributed by atoms with van der Waals surface area (Å²) in [6, 6.07) is 6.96. The molecule has 0 spiro atoms. The van der Waals surface area contributed by atoms with E-state index in [0.717, 1.165) is 6.07 Å². The third-order valence-corrected chi connectivity index (χ3v) is 3.63. The van der Waals surface area contributed by atoms with Gasteiger partial charge in [-0.25, -0.2) is 13.8 Å². The number of hydrogen-bond acceptors (Lipinski definition) is 4. The van der Waals surface area contributed by atoms with E-state index in [9.17, 15) is 13.6 Å². The quantitative estimate of drug-likeness (QED) is 0.766. The number of pyridine rings is 1. The highest BCUT2D eigenvalue weighted by molar-refractivity contribution is 6.26. The van der Waals surface area contributed by atoms with Gasteiger partial charge in [0.1, 0.15) is 11.9 Å². The third-order valence-electron chi connectivity index (χ3n) is 3.63. The molecule has 0 unspecified atom stereocenters. The first-order valence-corrected chi connectivity index (χ1v) is 7.59. The first kappa shape index (κ1) is 18.3. The molecule has 0 aliphatic rings. The van der Waals surface area contributed by atoms with E-state index in [1.165, 1.54) is 31.3 Å². The van der Waals surface area contributed by atoms with Crippen LogP contribution in [0.25, 0.3) is 11.1 Å². The lowest BCUT2D eigenvalue weighted by Gasteiger charge is -2.12. The van der Waals surface area contributed by atoms with E-state index in [0.29, 0.717) is 11.1 Å². The zero-order valence-corrected chi connectivity index (χ0v) is 14.1. The van der Waals surface area contributed by atoms with E-state index in [-0.39, 0.29) is 35.0 Å². The average molecular weight is 342 g/mol. The fourth-order valence-corrected chi connectivity index (χ4v) is 2.47. The van der Waals surface area contributed by atoms with Crippen LogP contribution in [0.2, 0.25) is 0 Å². The van der Waals surface area contributed by atoms with E-state index >= 15 is 0 Å². The van der Waals surface area contributed by atoms with Crippen molar-refractivity contribution in [3.05, 3.63) is 58.8 Å². The van der Waals surface area contributed by atoms with Crippen molar-refractivity contribution >= 4 is 16.9 Å². The zero-order chi connectivity index (χ0) is 18.6. The maximum absolute atomic E-state index is 14.1. The first-order valence-electron chi connectivity index (χ1n) is 7.59. The number of carbonyl (C=O) groups excluding carboxylic acids is 1. The maximum atomic E-state index is 14.1. The molecule has 0 atom stereocenters. The van der Waals surface area contributed by atoms with Crippen molar-refractivity contribution in [1.29, 1.82) is 5.26 Å². The topological polar surface area (TPSA) is 63.0 Å². The van der Waals surface area contributed by atoms with Crippen molar-refractivity contribution in [3.8, 4) is 11.9 Å².